The monoisotopic (exact) mass is 124 g/mol. The van der Waals surface area contributed by atoms with Crippen LogP contribution in [0, 0.1) is 0 Å². The summed E-state index contributed by atoms with van der Waals surface area (Å²) in [6.45, 7) is 0. The van der Waals surface area contributed by atoms with E-state index < -0.39 is 0 Å². The van der Waals surface area contributed by atoms with E-state index in [9.17, 15) is 0 Å². The minimum Gasteiger partial charge on any atom is -0.407 e. The SMILES string of the molecule is CNOc1cccnc1. The van der Waals surface area contributed by atoms with Crippen LogP contribution in [0.5, 0.6) is 5.75 Å². The fourth-order valence-electron chi connectivity index (χ4n) is 0.525. The second-order valence-electron chi connectivity index (χ2n) is 1.49. The largest absolute Gasteiger partial charge is 0.407 e. The zero-order valence-corrected chi connectivity index (χ0v) is 5.16. The Hall–Kier alpha value is -1.09. The Bertz CT molecular complexity index is 164. The summed E-state index contributed by atoms with van der Waals surface area (Å²) in [6, 6.07) is 3.64. The molecule has 0 saturated carbocycles. The molecule has 0 fully saturated rings. The third-order valence-electron chi connectivity index (χ3n) is 0.854. The van der Waals surface area contributed by atoms with Gasteiger partial charge in [-0.15, -0.1) is 0 Å². The maximum atomic E-state index is 4.89. The second kappa shape index (κ2) is 3.04. The highest BCUT2D eigenvalue weighted by atomic mass is 16.6. The van der Waals surface area contributed by atoms with Crippen LogP contribution >= 0.6 is 0 Å². The first-order valence-electron chi connectivity index (χ1n) is 2.67. The smallest absolute Gasteiger partial charge is 0.165 e. The van der Waals surface area contributed by atoms with Crippen LogP contribution in [0.4, 0.5) is 0 Å². The van der Waals surface area contributed by atoms with Crippen molar-refractivity contribution in [1.82, 2.24) is 10.5 Å². The van der Waals surface area contributed by atoms with E-state index in [1.54, 1.807) is 19.4 Å². The highest BCUT2D eigenvalue weighted by Crippen LogP contribution is 2.02. The van der Waals surface area contributed by atoms with Crippen LogP contribution in [-0.4, -0.2) is 12.0 Å². The lowest BCUT2D eigenvalue weighted by Gasteiger charge is -1.98. The van der Waals surface area contributed by atoms with E-state index >= 15 is 0 Å². The molecular formula is C6H8N2O. The molecule has 0 aliphatic rings. The summed E-state index contributed by atoms with van der Waals surface area (Å²) in [5.74, 6) is 0.722. The van der Waals surface area contributed by atoms with Gasteiger partial charge in [0.2, 0.25) is 0 Å². The normalized spacial score (nSPS) is 9.00. The van der Waals surface area contributed by atoms with Gasteiger partial charge < -0.3 is 4.84 Å². The molecule has 1 heterocycles. The van der Waals surface area contributed by atoms with E-state index in [1.165, 1.54) is 0 Å². The van der Waals surface area contributed by atoms with E-state index in [1.807, 2.05) is 12.1 Å². The molecule has 0 unspecified atom stereocenters. The number of hydrogen-bond donors (Lipinski definition) is 1. The van der Waals surface area contributed by atoms with Gasteiger partial charge in [0, 0.05) is 13.2 Å². The molecule has 3 nitrogen and oxygen atoms in total. The Labute approximate surface area is 53.6 Å². The molecule has 0 radical (unpaired) electrons. The van der Waals surface area contributed by atoms with E-state index in [2.05, 4.69) is 10.5 Å². The summed E-state index contributed by atoms with van der Waals surface area (Å²) in [5.41, 5.74) is 2.54. The van der Waals surface area contributed by atoms with Crippen molar-refractivity contribution in [2.45, 2.75) is 0 Å². The van der Waals surface area contributed by atoms with E-state index in [-0.39, 0.29) is 0 Å². The predicted octanol–water partition coefficient (Wildman–Crippen LogP) is 0.595. The van der Waals surface area contributed by atoms with E-state index in [0.717, 1.165) is 5.75 Å². The number of hydrogen-bond acceptors (Lipinski definition) is 3. The van der Waals surface area contributed by atoms with Crippen LogP contribution in [0.1, 0.15) is 0 Å². The molecule has 0 amide bonds. The van der Waals surface area contributed by atoms with Crippen molar-refractivity contribution < 1.29 is 4.84 Å². The molecule has 0 spiro atoms. The van der Waals surface area contributed by atoms with Crippen molar-refractivity contribution in [3.8, 4) is 5.75 Å². The third-order valence-corrected chi connectivity index (χ3v) is 0.854. The maximum absolute atomic E-state index is 4.89. The van der Waals surface area contributed by atoms with Crippen LogP contribution in [0.3, 0.4) is 0 Å². The van der Waals surface area contributed by atoms with Crippen LogP contribution in [0.25, 0.3) is 0 Å². The second-order valence-corrected chi connectivity index (χ2v) is 1.49. The molecule has 0 aromatic carbocycles. The van der Waals surface area contributed by atoms with Crippen LogP contribution < -0.4 is 10.3 Å². The molecule has 0 saturated heterocycles. The molecule has 1 aromatic rings. The van der Waals surface area contributed by atoms with Crippen molar-refractivity contribution in [2.24, 2.45) is 0 Å². The number of pyridine rings is 1. The van der Waals surface area contributed by atoms with E-state index in [4.69, 9.17) is 4.84 Å². The molecular weight excluding hydrogens is 116 g/mol. The van der Waals surface area contributed by atoms with Gasteiger partial charge in [-0.25, -0.2) is 0 Å². The van der Waals surface area contributed by atoms with Crippen molar-refractivity contribution in [3.63, 3.8) is 0 Å². The molecule has 1 N–H and O–H groups in total. The predicted molar refractivity (Wildman–Crippen MR) is 33.9 cm³/mol. The molecule has 0 aliphatic heterocycles. The lowest BCUT2D eigenvalue weighted by molar-refractivity contribution is 0.223. The van der Waals surface area contributed by atoms with Gasteiger partial charge in [-0.3, -0.25) is 4.98 Å². The minimum atomic E-state index is 0.722. The molecule has 48 valence electrons. The van der Waals surface area contributed by atoms with Gasteiger partial charge in [-0.1, -0.05) is 0 Å². The number of aromatic nitrogens is 1. The van der Waals surface area contributed by atoms with Crippen LogP contribution in [0.2, 0.25) is 0 Å². The fourth-order valence-corrected chi connectivity index (χ4v) is 0.525. The average Bonchev–Trinajstić information content (AvgIpc) is 1.91. The van der Waals surface area contributed by atoms with Crippen molar-refractivity contribution in [3.05, 3.63) is 24.5 Å². The standard InChI is InChI=1S/C6H8N2O/c1-7-9-6-3-2-4-8-5-6/h2-5,7H,1H3. The molecule has 0 bridgehead atoms. The molecule has 9 heavy (non-hydrogen) atoms. The van der Waals surface area contributed by atoms with Gasteiger partial charge in [0.05, 0.1) is 6.20 Å². The summed E-state index contributed by atoms with van der Waals surface area (Å²) < 4.78 is 0. The number of hydroxylamine groups is 1. The number of nitrogens with one attached hydrogen (secondary N) is 1. The van der Waals surface area contributed by atoms with Crippen LogP contribution in [-0.2, 0) is 0 Å². The maximum Gasteiger partial charge on any atom is 0.165 e. The zero-order valence-electron chi connectivity index (χ0n) is 5.16. The Balaban J connectivity index is 2.61. The number of nitrogens with zero attached hydrogens (tertiary/aromatic N) is 1. The number of rotatable bonds is 2. The Morgan fingerprint density at radius 3 is 3.11 bits per heavy atom. The van der Waals surface area contributed by atoms with Gasteiger partial charge in [-0.2, -0.15) is 5.48 Å². The summed E-state index contributed by atoms with van der Waals surface area (Å²) in [7, 11) is 1.70. The van der Waals surface area contributed by atoms with Gasteiger partial charge in [0.25, 0.3) is 0 Å². The molecule has 0 atom stereocenters. The summed E-state index contributed by atoms with van der Waals surface area (Å²) in [6.07, 6.45) is 3.33. The Morgan fingerprint density at radius 1 is 1.67 bits per heavy atom. The summed E-state index contributed by atoms with van der Waals surface area (Å²) >= 11 is 0. The topological polar surface area (TPSA) is 34.1 Å². The van der Waals surface area contributed by atoms with E-state index in [0.29, 0.717) is 0 Å². The highest BCUT2D eigenvalue weighted by molar-refractivity contribution is 5.14. The molecule has 3 heteroatoms. The van der Waals surface area contributed by atoms with Crippen molar-refractivity contribution in [2.75, 3.05) is 7.05 Å². The average molecular weight is 124 g/mol. The Morgan fingerprint density at radius 2 is 2.56 bits per heavy atom. The first-order valence-corrected chi connectivity index (χ1v) is 2.67. The van der Waals surface area contributed by atoms with Gasteiger partial charge in [-0.05, 0) is 12.1 Å². The highest BCUT2D eigenvalue weighted by Gasteiger charge is 1.85. The van der Waals surface area contributed by atoms with Crippen molar-refractivity contribution >= 4 is 0 Å². The zero-order chi connectivity index (χ0) is 6.53. The Kier molecular flexibility index (Phi) is 2.04. The third kappa shape index (κ3) is 1.70. The van der Waals surface area contributed by atoms with Gasteiger partial charge in [0.15, 0.2) is 5.75 Å². The lowest BCUT2D eigenvalue weighted by atomic mass is 10.5. The van der Waals surface area contributed by atoms with Crippen molar-refractivity contribution in [1.29, 1.82) is 0 Å². The molecule has 1 rings (SSSR count). The minimum absolute atomic E-state index is 0.722. The fraction of sp³-hybridized carbons (Fsp3) is 0.167. The van der Waals surface area contributed by atoms with Gasteiger partial charge >= 0.3 is 0 Å². The molecule has 1 aromatic heterocycles. The first kappa shape index (κ1) is 6.04. The van der Waals surface area contributed by atoms with Crippen LogP contribution in [0.15, 0.2) is 24.5 Å². The lowest BCUT2D eigenvalue weighted by Crippen LogP contribution is -2.10. The first-order chi connectivity index (χ1) is 4.43. The summed E-state index contributed by atoms with van der Waals surface area (Å²) in [4.78, 5) is 8.73. The quantitative estimate of drug-likeness (QED) is 0.586. The van der Waals surface area contributed by atoms with Gasteiger partial charge in [0.1, 0.15) is 0 Å². The summed E-state index contributed by atoms with van der Waals surface area (Å²) in [5, 5.41) is 0. The molecule has 0 aliphatic carbocycles.